The van der Waals surface area contributed by atoms with Crippen molar-refractivity contribution in [3.8, 4) is 11.6 Å². The number of nitrogens with zero attached hydrogens (tertiary/aromatic N) is 5. The van der Waals surface area contributed by atoms with E-state index in [0.29, 0.717) is 43.1 Å². The second kappa shape index (κ2) is 12.4. The van der Waals surface area contributed by atoms with Gasteiger partial charge in [0.25, 0.3) is 0 Å². The molecule has 12 heteroatoms. The van der Waals surface area contributed by atoms with Crippen molar-refractivity contribution in [2.24, 2.45) is 0 Å². The molecule has 3 heterocycles. The Morgan fingerprint density at radius 3 is 2.47 bits per heavy atom. The molecule has 2 N–H and O–H groups in total. The van der Waals surface area contributed by atoms with Crippen molar-refractivity contribution in [1.82, 2.24) is 19.2 Å². The Morgan fingerprint density at radius 1 is 1.05 bits per heavy atom. The Kier molecular flexibility index (Phi) is 9.16. The fraction of sp³-hybridized carbons (Fsp3) is 0.615. The number of anilines is 4. The first-order valence-electron chi connectivity index (χ1n) is 13.2. The lowest BCUT2D eigenvalue weighted by Crippen LogP contribution is -2.42. The van der Waals surface area contributed by atoms with Crippen LogP contribution in [0.5, 0.6) is 11.6 Å². The molecule has 0 bridgehead atoms. The number of rotatable bonds is 9. The number of benzene rings is 1. The van der Waals surface area contributed by atoms with E-state index < -0.39 is 10.0 Å². The average Bonchev–Trinajstić information content (AvgIpc) is 3.14. The summed E-state index contributed by atoms with van der Waals surface area (Å²) in [6.07, 6.45) is 7.17. The van der Waals surface area contributed by atoms with Crippen LogP contribution in [0.2, 0.25) is 0 Å². The summed E-state index contributed by atoms with van der Waals surface area (Å²) in [7, 11) is 4.68. The van der Waals surface area contributed by atoms with E-state index in [4.69, 9.17) is 9.47 Å². The highest BCUT2D eigenvalue weighted by Crippen LogP contribution is 2.39. The SMILES string of the molecule is CNc1cc(Nc2nccc(OC3CCCN(S(C)(=O)=O)CC3)n2)c(OC)cc1N1CCC(N(C)C)CC1. The highest BCUT2D eigenvalue weighted by Gasteiger charge is 2.25. The molecule has 1 aromatic heterocycles. The molecule has 1 unspecified atom stereocenters. The summed E-state index contributed by atoms with van der Waals surface area (Å²) >= 11 is 0. The van der Waals surface area contributed by atoms with Crippen molar-refractivity contribution >= 4 is 33.0 Å². The number of aromatic nitrogens is 2. The summed E-state index contributed by atoms with van der Waals surface area (Å²) in [5.41, 5.74) is 2.86. The van der Waals surface area contributed by atoms with E-state index >= 15 is 0 Å². The number of hydrogen-bond donors (Lipinski definition) is 2. The topological polar surface area (TPSA) is 112 Å². The van der Waals surface area contributed by atoms with E-state index in [-0.39, 0.29) is 6.10 Å². The van der Waals surface area contributed by atoms with Crippen LogP contribution in [0.15, 0.2) is 24.4 Å². The van der Waals surface area contributed by atoms with Gasteiger partial charge in [0.15, 0.2) is 0 Å². The van der Waals surface area contributed by atoms with Crippen LogP contribution in [0.4, 0.5) is 23.0 Å². The Labute approximate surface area is 226 Å². The van der Waals surface area contributed by atoms with Crippen molar-refractivity contribution < 1.29 is 17.9 Å². The molecule has 0 saturated carbocycles. The monoisotopic (exact) mass is 547 g/mol. The highest BCUT2D eigenvalue weighted by atomic mass is 32.2. The zero-order valence-electron chi connectivity index (χ0n) is 23.1. The van der Waals surface area contributed by atoms with Gasteiger partial charge in [-0.25, -0.2) is 17.7 Å². The molecule has 210 valence electrons. The molecular formula is C26H41N7O4S. The highest BCUT2D eigenvalue weighted by molar-refractivity contribution is 7.88. The van der Waals surface area contributed by atoms with Gasteiger partial charge in [0.2, 0.25) is 21.9 Å². The third kappa shape index (κ3) is 6.97. The minimum Gasteiger partial charge on any atom is -0.494 e. The van der Waals surface area contributed by atoms with Crippen LogP contribution in [0.3, 0.4) is 0 Å². The predicted molar refractivity (Wildman–Crippen MR) is 151 cm³/mol. The van der Waals surface area contributed by atoms with Gasteiger partial charge in [-0.15, -0.1) is 0 Å². The normalized spacial score (nSPS) is 19.7. The van der Waals surface area contributed by atoms with E-state index in [1.165, 1.54) is 10.6 Å². The van der Waals surface area contributed by atoms with Crippen LogP contribution in [0, 0.1) is 0 Å². The first-order valence-corrected chi connectivity index (χ1v) is 15.1. The van der Waals surface area contributed by atoms with Crippen molar-refractivity contribution in [3.05, 3.63) is 24.4 Å². The number of hydrogen-bond acceptors (Lipinski definition) is 10. The van der Waals surface area contributed by atoms with Crippen molar-refractivity contribution in [2.45, 2.75) is 44.2 Å². The summed E-state index contributed by atoms with van der Waals surface area (Å²) in [6, 6.07) is 6.41. The maximum absolute atomic E-state index is 11.9. The lowest BCUT2D eigenvalue weighted by molar-refractivity contribution is 0.178. The van der Waals surface area contributed by atoms with E-state index in [2.05, 4.69) is 50.6 Å². The molecule has 4 rings (SSSR count). The number of piperidine rings is 1. The lowest BCUT2D eigenvalue weighted by Gasteiger charge is -2.37. The molecule has 2 fully saturated rings. The van der Waals surface area contributed by atoms with E-state index in [9.17, 15) is 8.42 Å². The van der Waals surface area contributed by atoms with Gasteiger partial charge in [0.1, 0.15) is 11.9 Å². The molecule has 38 heavy (non-hydrogen) atoms. The second-order valence-corrected chi connectivity index (χ2v) is 12.2. The molecular weight excluding hydrogens is 506 g/mol. The fourth-order valence-electron chi connectivity index (χ4n) is 5.17. The quantitative estimate of drug-likeness (QED) is 0.486. The molecule has 0 amide bonds. The summed E-state index contributed by atoms with van der Waals surface area (Å²) in [5.74, 6) is 1.55. The van der Waals surface area contributed by atoms with Crippen LogP contribution in [0.25, 0.3) is 0 Å². The maximum atomic E-state index is 11.9. The van der Waals surface area contributed by atoms with Crippen LogP contribution in [-0.4, -0.2) is 100 Å². The van der Waals surface area contributed by atoms with Gasteiger partial charge >= 0.3 is 0 Å². The third-order valence-electron chi connectivity index (χ3n) is 7.39. The molecule has 0 spiro atoms. The van der Waals surface area contributed by atoms with Crippen LogP contribution in [0.1, 0.15) is 32.1 Å². The van der Waals surface area contributed by atoms with Crippen molar-refractivity contribution in [1.29, 1.82) is 0 Å². The van der Waals surface area contributed by atoms with Gasteiger partial charge < -0.3 is 29.9 Å². The van der Waals surface area contributed by atoms with Gasteiger partial charge in [0, 0.05) is 57.6 Å². The largest absolute Gasteiger partial charge is 0.494 e. The standard InChI is InChI=1S/C26H41N7O4S/c1-27-21-17-22(24(36-4)18-23(21)32-14-9-19(10-15-32)31(2)3)29-26-28-12-8-25(30-26)37-20-7-6-13-33(16-11-20)38(5,34)35/h8,12,17-20,27H,6-7,9-11,13-16H2,1-5H3,(H,28,29,30). The molecule has 0 radical (unpaired) electrons. The van der Waals surface area contributed by atoms with Gasteiger partial charge in [0.05, 0.1) is 30.4 Å². The van der Waals surface area contributed by atoms with Crippen LogP contribution in [-0.2, 0) is 10.0 Å². The van der Waals surface area contributed by atoms with Gasteiger partial charge in [-0.05, 0) is 52.3 Å². The van der Waals surface area contributed by atoms with Crippen LogP contribution >= 0.6 is 0 Å². The zero-order chi connectivity index (χ0) is 27.3. The summed E-state index contributed by atoms with van der Waals surface area (Å²) in [5, 5.41) is 6.62. The first-order chi connectivity index (χ1) is 18.2. The molecule has 2 aliphatic heterocycles. The number of methoxy groups -OCH3 is 1. The summed E-state index contributed by atoms with van der Waals surface area (Å²) in [4.78, 5) is 13.6. The summed E-state index contributed by atoms with van der Waals surface area (Å²) in [6.45, 7) is 2.94. The Morgan fingerprint density at radius 2 is 1.82 bits per heavy atom. The van der Waals surface area contributed by atoms with Crippen molar-refractivity contribution in [3.63, 3.8) is 0 Å². The number of nitrogens with one attached hydrogen (secondary N) is 2. The smallest absolute Gasteiger partial charge is 0.230 e. The fourth-order valence-corrected chi connectivity index (χ4v) is 6.07. The second-order valence-electron chi connectivity index (χ2n) is 10.2. The maximum Gasteiger partial charge on any atom is 0.230 e. The molecule has 2 aliphatic rings. The third-order valence-corrected chi connectivity index (χ3v) is 8.69. The predicted octanol–water partition coefficient (Wildman–Crippen LogP) is 2.99. The number of sulfonamides is 1. The van der Waals surface area contributed by atoms with Crippen LogP contribution < -0.4 is 25.0 Å². The Balaban J connectivity index is 1.46. The molecule has 2 aromatic rings. The Bertz CT molecular complexity index is 1190. The van der Waals surface area contributed by atoms with Gasteiger partial charge in [-0.2, -0.15) is 4.98 Å². The van der Waals surface area contributed by atoms with Gasteiger partial charge in [-0.1, -0.05) is 0 Å². The minimum atomic E-state index is -3.20. The molecule has 1 aromatic carbocycles. The molecule has 2 saturated heterocycles. The summed E-state index contributed by atoms with van der Waals surface area (Å²) < 4.78 is 37.2. The van der Waals surface area contributed by atoms with E-state index in [1.54, 1.807) is 19.4 Å². The minimum absolute atomic E-state index is 0.106. The Hall–Kier alpha value is -2.83. The first kappa shape index (κ1) is 28.2. The number of ether oxygens (including phenoxy) is 2. The average molecular weight is 548 g/mol. The molecule has 11 nitrogen and oxygen atoms in total. The van der Waals surface area contributed by atoms with E-state index in [1.807, 2.05) is 13.1 Å². The lowest BCUT2D eigenvalue weighted by atomic mass is 10.0. The van der Waals surface area contributed by atoms with Crippen molar-refractivity contribution in [2.75, 3.05) is 76.2 Å². The zero-order valence-corrected chi connectivity index (χ0v) is 23.9. The van der Waals surface area contributed by atoms with Gasteiger partial charge in [-0.3, -0.25) is 0 Å². The molecule has 1 atom stereocenters. The molecule has 0 aliphatic carbocycles. The van der Waals surface area contributed by atoms with E-state index in [0.717, 1.165) is 55.8 Å².